The summed E-state index contributed by atoms with van der Waals surface area (Å²) in [7, 11) is 0. The van der Waals surface area contributed by atoms with Gasteiger partial charge in [-0.15, -0.1) is 11.3 Å². The third-order valence-corrected chi connectivity index (χ3v) is 7.19. The number of carbonyl (C=O) groups excluding carboxylic acids is 1. The van der Waals surface area contributed by atoms with Crippen LogP contribution in [0, 0.1) is 5.92 Å². The number of thiazole rings is 1. The fourth-order valence-electron chi connectivity index (χ4n) is 3.10. The van der Waals surface area contributed by atoms with E-state index >= 15 is 0 Å². The van der Waals surface area contributed by atoms with Crippen molar-refractivity contribution in [3.8, 4) is 11.3 Å². The molecule has 0 saturated heterocycles. The molecule has 2 heterocycles. The van der Waals surface area contributed by atoms with Crippen molar-refractivity contribution >= 4 is 39.4 Å². The quantitative estimate of drug-likeness (QED) is 0.508. The maximum Gasteiger partial charge on any atom is 0.233 e. The number of hydrogen-bond donors (Lipinski definition) is 2. The molecule has 9 heteroatoms. The van der Waals surface area contributed by atoms with Crippen molar-refractivity contribution in [2.45, 2.75) is 37.9 Å². The summed E-state index contributed by atoms with van der Waals surface area (Å²) in [5.41, 5.74) is 3.11. The van der Waals surface area contributed by atoms with Crippen LogP contribution in [0.15, 0.2) is 48.2 Å². The molecule has 1 aromatic carbocycles. The lowest BCUT2D eigenvalue weighted by Gasteiger charge is -2.18. The predicted molar refractivity (Wildman–Crippen MR) is 121 cm³/mol. The second-order valence-electron chi connectivity index (χ2n) is 7.56. The normalized spacial score (nSPS) is 15.6. The monoisotopic (exact) mass is 441 g/mol. The summed E-state index contributed by atoms with van der Waals surface area (Å²) < 4.78 is 15.0. The van der Waals surface area contributed by atoms with Gasteiger partial charge < -0.3 is 9.87 Å². The average molecular weight is 442 g/mol. The van der Waals surface area contributed by atoms with Crippen LogP contribution in [0.5, 0.6) is 0 Å². The Labute approximate surface area is 182 Å². The van der Waals surface area contributed by atoms with Crippen LogP contribution in [-0.4, -0.2) is 30.7 Å². The largest absolute Gasteiger partial charge is 0.593 e. The summed E-state index contributed by atoms with van der Waals surface area (Å²) in [5.74, 6) is -0.448. The van der Waals surface area contributed by atoms with Crippen molar-refractivity contribution in [2.24, 2.45) is 5.92 Å². The molecule has 156 valence electrons. The molecule has 0 aliphatic heterocycles. The van der Waals surface area contributed by atoms with Crippen LogP contribution in [0.25, 0.3) is 11.3 Å². The molecule has 0 radical (unpaired) electrons. The summed E-state index contributed by atoms with van der Waals surface area (Å²) in [4.78, 5) is 25.9. The van der Waals surface area contributed by atoms with Crippen LogP contribution in [-0.2, 0) is 16.2 Å². The second kappa shape index (κ2) is 9.11. The molecule has 30 heavy (non-hydrogen) atoms. The van der Waals surface area contributed by atoms with Crippen molar-refractivity contribution in [1.82, 2.24) is 15.0 Å². The van der Waals surface area contributed by atoms with E-state index in [1.54, 1.807) is 18.6 Å². The van der Waals surface area contributed by atoms with Gasteiger partial charge in [-0.3, -0.25) is 14.8 Å². The van der Waals surface area contributed by atoms with Gasteiger partial charge in [-0.2, -0.15) is 4.72 Å². The van der Waals surface area contributed by atoms with Gasteiger partial charge in [0.05, 0.1) is 34.9 Å². The highest BCUT2D eigenvalue weighted by Crippen LogP contribution is 2.33. The molecule has 1 amide bonds. The molecular weight excluding hydrogens is 418 g/mol. The minimum absolute atomic E-state index is 0.0627. The Morgan fingerprint density at radius 1 is 1.23 bits per heavy atom. The maximum absolute atomic E-state index is 13.0. The number of anilines is 2. The fraction of sp³-hybridized carbons (Fsp3) is 0.333. The Morgan fingerprint density at radius 3 is 2.63 bits per heavy atom. The summed E-state index contributed by atoms with van der Waals surface area (Å²) in [6.07, 6.45) is 6.96. The zero-order valence-corrected chi connectivity index (χ0v) is 18.4. The van der Waals surface area contributed by atoms with Gasteiger partial charge in [0, 0.05) is 41.9 Å². The van der Waals surface area contributed by atoms with Crippen molar-refractivity contribution in [1.29, 1.82) is 0 Å². The topological polar surface area (TPSA) is 103 Å². The second-order valence-corrected chi connectivity index (χ2v) is 9.88. The van der Waals surface area contributed by atoms with Crippen LogP contribution < -0.4 is 10.0 Å². The summed E-state index contributed by atoms with van der Waals surface area (Å²) in [6.45, 7) is 3.99. The molecule has 4 rings (SSSR count). The molecular formula is C21H23N5O2S2. The molecule has 2 unspecified atom stereocenters. The standard InChI is InChI=1S/C21H23N5O2S2/c1-13(2)19(18-12-29-21(25-18)26-30(28)16-7-8-16)20(27)24-15-5-3-14(4-6-15)17-11-22-9-10-23-17/h3-6,9-13,16,19H,7-8H2,1-2H3,(H,24,27)(H,25,26). The van der Waals surface area contributed by atoms with Gasteiger partial charge >= 0.3 is 0 Å². The number of amides is 1. The first-order valence-corrected chi connectivity index (χ1v) is 11.9. The van der Waals surface area contributed by atoms with Crippen LogP contribution in [0.3, 0.4) is 0 Å². The van der Waals surface area contributed by atoms with E-state index in [1.165, 1.54) is 11.3 Å². The molecule has 0 bridgehead atoms. The van der Waals surface area contributed by atoms with E-state index in [-0.39, 0.29) is 17.1 Å². The molecule has 2 atom stereocenters. The van der Waals surface area contributed by atoms with Crippen molar-refractivity contribution in [3.05, 3.63) is 53.9 Å². The summed E-state index contributed by atoms with van der Waals surface area (Å²) in [5, 5.41) is 5.68. The molecule has 2 aromatic heterocycles. The zero-order chi connectivity index (χ0) is 21.1. The van der Waals surface area contributed by atoms with E-state index in [0.717, 1.165) is 24.1 Å². The van der Waals surface area contributed by atoms with Gasteiger partial charge in [0.2, 0.25) is 11.0 Å². The maximum atomic E-state index is 13.0. The lowest BCUT2D eigenvalue weighted by Crippen LogP contribution is -2.25. The molecule has 2 N–H and O–H groups in total. The first-order valence-electron chi connectivity index (χ1n) is 9.81. The fourth-order valence-corrected chi connectivity index (χ4v) is 5.08. The van der Waals surface area contributed by atoms with E-state index in [1.807, 2.05) is 43.5 Å². The Balaban J connectivity index is 1.44. The van der Waals surface area contributed by atoms with E-state index in [9.17, 15) is 9.35 Å². The highest BCUT2D eigenvalue weighted by molar-refractivity contribution is 7.93. The summed E-state index contributed by atoms with van der Waals surface area (Å²) in [6, 6.07) is 7.52. The molecule has 0 spiro atoms. The van der Waals surface area contributed by atoms with Gasteiger partial charge in [-0.1, -0.05) is 26.0 Å². The first-order chi connectivity index (χ1) is 14.5. The number of nitrogens with one attached hydrogen (secondary N) is 2. The minimum Gasteiger partial charge on any atom is -0.593 e. The number of aromatic nitrogens is 3. The average Bonchev–Trinajstić information content (AvgIpc) is 3.50. The van der Waals surface area contributed by atoms with Crippen LogP contribution >= 0.6 is 11.3 Å². The van der Waals surface area contributed by atoms with Gasteiger partial charge in [-0.05, 0) is 18.1 Å². The third kappa shape index (κ3) is 4.97. The van der Waals surface area contributed by atoms with Gasteiger partial charge in [0.15, 0.2) is 0 Å². The first kappa shape index (κ1) is 20.8. The molecule has 1 saturated carbocycles. The number of nitrogens with zero attached hydrogens (tertiary/aromatic N) is 3. The smallest absolute Gasteiger partial charge is 0.233 e. The minimum atomic E-state index is -1.09. The number of benzene rings is 1. The Morgan fingerprint density at radius 2 is 2.00 bits per heavy atom. The highest BCUT2D eigenvalue weighted by atomic mass is 32.2. The Bertz CT molecular complexity index is 990. The lowest BCUT2D eigenvalue weighted by molar-refractivity contribution is -0.118. The lowest BCUT2D eigenvalue weighted by atomic mass is 9.92. The van der Waals surface area contributed by atoms with Gasteiger partial charge in [0.25, 0.3) is 0 Å². The van der Waals surface area contributed by atoms with E-state index in [2.05, 4.69) is 25.0 Å². The number of carbonyl (C=O) groups is 1. The SMILES string of the molecule is CC(C)C(C(=O)Nc1ccc(-c2cnccn2)cc1)c1csc(N[S+]([O-])C2CC2)n1. The Hall–Kier alpha value is -2.49. The number of rotatable bonds is 8. The zero-order valence-electron chi connectivity index (χ0n) is 16.7. The van der Waals surface area contributed by atoms with Crippen LogP contribution in [0.4, 0.5) is 10.8 Å². The van der Waals surface area contributed by atoms with Gasteiger partial charge in [-0.25, -0.2) is 4.98 Å². The molecule has 1 aliphatic carbocycles. The van der Waals surface area contributed by atoms with E-state index < -0.39 is 17.3 Å². The van der Waals surface area contributed by atoms with E-state index in [4.69, 9.17) is 0 Å². The van der Waals surface area contributed by atoms with Crippen LogP contribution in [0.2, 0.25) is 0 Å². The van der Waals surface area contributed by atoms with Crippen molar-refractivity contribution < 1.29 is 9.35 Å². The predicted octanol–water partition coefficient (Wildman–Crippen LogP) is 4.22. The van der Waals surface area contributed by atoms with E-state index in [0.29, 0.717) is 16.5 Å². The van der Waals surface area contributed by atoms with Crippen LogP contribution in [0.1, 0.15) is 38.3 Å². The highest BCUT2D eigenvalue weighted by Gasteiger charge is 2.36. The Kier molecular flexibility index (Phi) is 6.31. The summed E-state index contributed by atoms with van der Waals surface area (Å²) >= 11 is 0.289. The molecule has 1 aliphatic rings. The molecule has 7 nitrogen and oxygen atoms in total. The van der Waals surface area contributed by atoms with Crippen molar-refractivity contribution in [3.63, 3.8) is 0 Å². The number of hydrogen-bond acceptors (Lipinski definition) is 7. The third-order valence-electron chi connectivity index (χ3n) is 4.82. The molecule has 3 aromatic rings. The molecule has 1 fully saturated rings. The van der Waals surface area contributed by atoms with Crippen molar-refractivity contribution in [2.75, 3.05) is 10.0 Å². The van der Waals surface area contributed by atoms with Gasteiger partial charge in [0.1, 0.15) is 5.25 Å².